The number of Topliss-reactive ketones (excluding diaryl/α,β-unsaturated/α-hetero) is 2. The molecule has 1 heterocycles. The first-order valence-corrected chi connectivity index (χ1v) is 10.5. The highest BCUT2D eigenvalue weighted by Gasteiger charge is 2.48. The maximum absolute atomic E-state index is 13.3. The summed E-state index contributed by atoms with van der Waals surface area (Å²) in [5, 5.41) is 11.2. The predicted molar refractivity (Wildman–Crippen MR) is 114 cm³/mol. The molecule has 0 unspecified atom stereocenters. The molecule has 3 aliphatic rings. The monoisotopic (exact) mass is 413 g/mol. The van der Waals surface area contributed by atoms with Crippen LogP contribution in [0.4, 0.5) is 0 Å². The number of carbonyl (C=O) groups excluding carboxylic acids is 2. The molecule has 5 heteroatoms. The number of rotatable bonds is 1. The summed E-state index contributed by atoms with van der Waals surface area (Å²) in [5.74, 6) is -0.381. The van der Waals surface area contributed by atoms with Crippen LogP contribution in [0.3, 0.4) is 0 Å². The van der Waals surface area contributed by atoms with E-state index >= 15 is 0 Å². The van der Waals surface area contributed by atoms with Gasteiger partial charge in [0.05, 0.1) is 0 Å². The van der Waals surface area contributed by atoms with Crippen molar-refractivity contribution in [2.24, 2.45) is 10.8 Å². The highest BCUT2D eigenvalue weighted by atomic mass is 35.5. The zero-order valence-electron chi connectivity index (χ0n) is 17.7. The minimum Gasteiger partial charge on any atom is -0.508 e. The van der Waals surface area contributed by atoms with Gasteiger partial charge in [0.1, 0.15) is 5.75 Å². The van der Waals surface area contributed by atoms with Crippen LogP contribution in [0.2, 0.25) is 5.02 Å². The van der Waals surface area contributed by atoms with Crippen molar-refractivity contribution in [3.05, 3.63) is 51.3 Å². The summed E-state index contributed by atoms with van der Waals surface area (Å²) in [4.78, 5) is 28.8. The van der Waals surface area contributed by atoms with Crippen molar-refractivity contribution in [2.75, 3.05) is 7.05 Å². The lowest BCUT2D eigenvalue weighted by molar-refractivity contribution is -0.119. The third kappa shape index (κ3) is 3.31. The largest absolute Gasteiger partial charge is 0.508 e. The van der Waals surface area contributed by atoms with E-state index in [-0.39, 0.29) is 28.1 Å². The highest BCUT2D eigenvalue weighted by molar-refractivity contribution is 6.30. The van der Waals surface area contributed by atoms with E-state index < -0.39 is 5.92 Å². The fraction of sp³-hybridized carbons (Fsp3) is 0.500. The molecule has 1 N–H and O–H groups in total. The molecule has 0 atom stereocenters. The third-order valence-corrected chi connectivity index (χ3v) is 6.72. The first kappa shape index (κ1) is 20.2. The van der Waals surface area contributed by atoms with Crippen LogP contribution in [0.15, 0.2) is 40.7 Å². The average molecular weight is 414 g/mol. The van der Waals surface area contributed by atoms with Crippen molar-refractivity contribution < 1.29 is 14.7 Å². The lowest BCUT2D eigenvalue weighted by atomic mass is 9.63. The van der Waals surface area contributed by atoms with Crippen molar-refractivity contribution in [1.82, 2.24) is 4.90 Å². The molecular formula is C24H28ClNO3. The average Bonchev–Trinajstić information content (AvgIpc) is 2.57. The van der Waals surface area contributed by atoms with Gasteiger partial charge in [-0.25, -0.2) is 0 Å². The minimum atomic E-state index is -0.554. The van der Waals surface area contributed by atoms with E-state index in [1.165, 1.54) is 0 Å². The summed E-state index contributed by atoms with van der Waals surface area (Å²) in [6, 6.07) is 4.87. The van der Waals surface area contributed by atoms with Gasteiger partial charge in [-0.3, -0.25) is 9.59 Å². The van der Waals surface area contributed by atoms with E-state index in [4.69, 9.17) is 11.6 Å². The van der Waals surface area contributed by atoms with Gasteiger partial charge in [0.25, 0.3) is 0 Å². The number of carbonyl (C=O) groups is 2. The fourth-order valence-electron chi connectivity index (χ4n) is 5.23. The Hall–Kier alpha value is -2.07. The number of hydrogen-bond donors (Lipinski definition) is 1. The van der Waals surface area contributed by atoms with Crippen LogP contribution in [-0.2, 0) is 9.59 Å². The second-order valence-corrected chi connectivity index (χ2v) is 10.7. The number of halogens is 1. The van der Waals surface area contributed by atoms with Crippen LogP contribution in [0.1, 0.15) is 64.9 Å². The van der Waals surface area contributed by atoms with Gasteiger partial charge in [-0.15, -0.1) is 0 Å². The summed E-state index contributed by atoms with van der Waals surface area (Å²) >= 11 is 6.25. The van der Waals surface area contributed by atoms with Crippen LogP contribution in [0.5, 0.6) is 5.75 Å². The van der Waals surface area contributed by atoms with Crippen molar-refractivity contribution in [2.45, 2.75) is 59.3 Å². The molecular weight excluding hydrogens is 386 g/mol. The molecule has 0 fully saturated rings. The number of phenols is 1. The molecule has 4 rings (SSSR count). The fourth-order valence-corrected chi connectivity index (χ4v) is 5.41. The number of phenolic OH excluding ortho intramolecular Hbond substituents is 1. The van der Waals surface area contributed by atoms with Gasteiger partial charge < -0.3 is 10.0 Å². The Bertz CT molecular complexity index is 945. The molecule has 0 saturated heterocycles. The normalized spacial score (nSPS) is 24.0. The van der Waals surface area contributed by atoms with Gasteiger partial charge in [-0.1, -0.05) is 39.3 Å². The molecule has 0 aromatic heterocycles. The summed E-state index contributed by atoms with van der Waals surface area (Å²) in [5.41, 5.74) is 3.51. The van der Waals surface area contributed by atoms with Crippen LogP contribution >= 0.6 is 11.6 Å². The SMILES string of the molecule is CN1C2=C(C(=O)CC(C)(C)C2)C(c2cc(Cl)ccc2O)C2=C1CC(C)(C)CC2=O. The zero-order chi connectivity index (χ0) is 21.3. The summed E-state index contributed by atoms with van der Waals surface area (Å²) in [6.45, 7) is 8.42. The third-order valence-electron chi connectivity index (χ3n) is 6.48. The van der Waals surface area contributed by atoms with Crippen molar-refractivity contribution in [1.29, 1.82) is 0 Å². The Morgan fingerprint density at radius 1 is 0.931 bits per heavy atom. The van der Waals surface area contributed by atoms with Gasteiger partial charge in [0.2, 0.25) is 0 Å². The van der Waals surface area contributed by atoms with Crippen LogP contribution in [-0.4, -0.2) is 28.6 Å². The second kappa shape index (κ2) is 6.46. The van der Waals surface area contributed by atoms with Gasteiger partial charge in [0, 0.05) is 58.9 Å². The lowest BCUT2D eigenvalue weighted by Gasteiger charge is -2.47. The predicted octanol–water partition coefficient (Wildman–Crippen LogP) is 5.36. The summed E-state index contributed by atoms with van der Waals surface area (Å²) < 4.78 is 0. The molecule has 0 amide bonds. The summed E-state index contributed by atoms with van der Waals surface area (Å²) in [7, 11) is 1.97. The van der Waals surface area contributed by atoms with Gasteiger partial charge >= 0.3 is 0 Å². The Morgan fingerprint density at radius 2 is 1.41 bits per heavy atom. The number of ketones is 2. The van der Waals surface area contributed by atoms with Crippen LogP contribution < -0.4 is 0 Å². The molecule has 4 nitrogen and oxygen atoms in total. The topological polar surface area (TPSA) is 57.6 Å². The Balaban J connectivity index is 2.01. The molecule has 1 aromatic carbocycles. The molecule has 0 bridgehead atoms. The standard InChI is InChI=1S/C24H28ClNO3/c1-23(2)9-15-21(18(28)11-23)20(14-8-13(25)6-7-17(14)27)22-16(26(15)5)10-24(3,4)12-19(22)29/h6-8,20,27H,9-12H2,1-5H3. The Kier molecular flexibility index (Phi) is 4.51. The van der Waals surface area contributed by atoms with E-state index in [2.05, 4.69) is 32.6 Å². The van der Waals surface area contributed by atoms with E-state index in [0.29, 0.717) is 34.6 Å². The molecule has 154 valence electrons. The van der Waals surface area contributed by atoms with E-state index in [9.17, 15) is 14.7 Å². The van der Waals surface area contributed by atoms with E-state index in [1.807, 2.05) is 7.05 Å². The van der Waals surface area contributed by atoms with Gasteiger partial charge in [0.15, 0.2) is 11.6 Å². The van der Waals surface area contributed by atoms with E-state index in [1.54, 1.807) is 18.2 Å². The van der Waals surface area contributed by atoms with E-state index in [0.717, 1.165) is 24.2 Å². The molecule has 1 aliphatic heterocycles. The van der Waals surface area contributed by atoms with Crippen molar-refractivity contribution in [3.8, 4) is 5.75 Å². The molecule has 0 radical (unpaired) electrons. The van der Waals surface area contributed by atoms with Crippen LogP contribution in [0.25, 0.3) is 0 Å². The number of allylic oxidation sites excluding steroid dienone is 4. The van der Waals surface area contributed by atoms with Crippen molar-refractivity contribution >= 4 is 23.2 Å². The molecule has 29 heavy (non-hydrogen) atoms. The maximum atomic E-state index is 13.3. The summed E-state index contributed by atoms with van der Waals surface area (Å²) in [6.07, 6.45) is 2.38. The number of hydrogen-bond acceptors (Lipinski definition) is 4. The zero-order valence-corrected chi connectivity index (χ0v) is 18.5. The maximum Gasteiger partial charge on any atom is 0.162 e. The second-order valence-electron chi connectivity index (χ2n) is 10.3. The first-order chi connectivity index (χ1) is 13.4. The van der Waals surface area contributed by atoms with Crippen LogP contribution in [0, 0.1) is 10.8 Å². The van der Waals surface area contributed by atoms with Crippen molar-refractivity contribution in [3.63, 3.8) is 0 Å². The number of aromatic hydroxyl groups is 1. The smallest absolute Gasteiger partial charge is 0.162 e. The van der Waals surface area contributed by atoms with Gasteiger partial charge in [-0.2, -0.15) is 0 Å². The highest BCUT2D eigenvalue weighted by Crippen LogP contribution is 2.55. The number of benzene rings is 1. The quantitative estimate of drug-likeness (QED) is 0.673. The molecule has 0 saturated carbocycles. The lowest BCUT2D eigenvalue weighted by Crippen LogP contribution is -2.43. The molecule has 0 spiro atoms. The molecule has 1 aromatic rings. The molecule has 2 aliphatic carbocycles. The Labute approximate surface area is 177 Å². The first-order valence-electron chi connectivity index (χ1n) is 10.1. The number of nitrogens with zero attached hydrogens (tertiary/aromatic N) is 1. The Morgan fingerprint density at radius 3 is 1.90 bits per heavy atom. The minimum absolute atomic E-state index is 0.0525. The van der Waals surface area contributed by atoms with Gasteiger partial charge in [-0.05, 0) is 41.9 Å².